The minimum absolute atomic E-state index is 0.151. The van der Waals surface area contributed by atoms with Gasteiger partial charge in [0.2, 0.25) is 11.2 Å². The van der Waals surface area contributed by atoms with Crippen LogP contribution in [-0.4, -0.2) is 11.8 Å². The molecule has 0 atom stereocenters. The summed E-state index contributed by atoms with van der Waals surface area (Å²) in [5.41, 5.74) is 0.546. The number of rotatable bonds is 6. The summed E-state index contributed by atoms with van der Waals surface area (Å²) >= 11 is 17.7. The Morgan fingerprint density at radius 3 is 1.54 bits per heavy atom. The predicted molar refractivity (Wildman–Crippen MR) is 139 cm³/mol. The van der Waals surface area contributed by atoms with E-state index < -0.39 is 17.2 Å². The Kier molecular flexibility index (Phi) is 7.41. The van der Waals surface area contributed by atoms with Crippen LogP contribution in [0.25, 0.3) is 0 Å². The summed E-state index contributed by atoms with van der Waals surface area (Å²) in [6.07, 6.45) is 0. The van der Waals surface area contributed by atoms with E-state index in [1.807, 2.05) is 0 Å². The number of nitrogens with one attached hydrogen (secondary N) is 3. The first-order valence-corrected chi connectivity index (χ1v) is 11.3. The van der Waals surface area contributed by atoms with Gasteiger partial charge in [-0.1, -0.05) is 34.8 Å². The minimum atomic E-state index is -0.748. The molecule has 2 amide bonds. The van der Waals surface area contributed by atoms with Crippen molar-refractivity contribution in [1.82, 2.24) is 0 Å². The summed E-state index contributed by atoms with van der Waals surface area (Å²) in [5.74, 6) is -2.21. The zero-order valence-electron chi connectivity index (χ0n) is 17.8. The minimum Gasteiger partial charge on any atom is -0.443 e. The van der Waals surface area contributed by atoms with Crippen molar-refractivity contribution < 1.29 is 14.0 Å². The van der Waals surface area contributed by atoms with Gasteiger partial charge in [0.1, 0.15) is 5.69 Å². The van der Waals surface area contributed by atoms with E-state index in [2.05, 4.69) is 16.0 Å². The highest BCUT2D eigenvalue weighted by atomic mass is 35.5. The Balaban J connectivity index is 1.70. The third-order valence-electron chi connectivity index (χ3n) is 4.70. The average molecular weight is 529 g/mol. The van der Waals surface area contributed by atoms with Crippen LogP contribution in [0.1, 0.15) is 21.1 Å². The van der Waals surface area contributed by atoms with Crippen molar-refractivity contribution in [3.63, 3.8) is 0 Å². The molecular weight excluding hydrogens is 513 g/mol. The first-order valence-electron chi connectivity index (χ1n) is 10.1. The van der Waals surface area contributed by atoms with Crippen LogP contribution < -0.4 is 21.4 Å². The van der Waals surface area contributed by atoms with E-state index in [4.69, 9.17) is 39.2 Å². The molecule has 0 aliphatic heterocycles. The van der Waals surface area contributed by atoms with Crippen molar-refractivity contribution in [1.29, 1.82) is 0 Å². The van der Waals surface area contributed by atoms with Gasteiger partial charge in [-0.05, 0) is 72.8 Å². The monoisotopic (exact) mass is 527 g/mol. The van der Waals surface area contributed by atoms with E-state index in [0.29, 0.717) is 32.1 Å². The molecule has 176 valence electrons. The molecule has 7 nitrogen and oxygen atoms in total. The lowest BCUT2D eigenvalue weighted by Crippen LogP contribution is -2.22. The Bertz CT molecular complexity index is 1440. The Labute approximate surface area is 214 Å². The highest BCUT2D eigenvalue weighted by molar-refractivity contribution is 6.31. The molecule has 3 aromatic carbocycles. The molecule has 1 heterocycles. The highest BCUT2D eigenvalue weighted by Gasteiger charge is 2.23. The van der Waals surface area contributed by atoms with Gasteiger partial charge in [-0.2, -0.15) is 0 Å². The number of anilines is 4. The first-order chi connectivity index (χ1) is 16.8. The van der Waals surface area contributed by atoms with Crippen molar-refractivity contribution in [2.75, 3.05) is 16.0 Å². The van der Waals surface area contributed by atoms with Gasteiger partial charge in [0.05, 0.1) is 0 Å². The Morgan fingerprint density at radius 2 is 1.06 bits per heavy atom. The molecule has 0 fully saturated rings. The van der Waals surface area contributed by atoms with E-state index >= 15 is 0 Å². The predicted octanol–water partition coefficient (Wildman–Crippen LogP) is 6.85. The van der Waals surface area contributed by atoms with E-state index in [9.17, 15) is 14.4 Å². The quantitative estimate of drug-likeness (QED) is 0.254. The summed E-state index contributed by atoms with van der Waals surface area (Å²) in [4.78, 5) is 38.9. The summed E-state index contributed by atoms with van der Waals surface area (Å²) in [6.45, 7) is 0. The molecule has 0 aliphatic carbocycles. The van der Waals surface area contributed by atoms with Crippen molar-refractivity contribution in [3.8, 4) is 0 Å². The van der Waals surface area contributed by atoms with Gasteiger partial charge >= 0.3 is 0 Å². The van der Waals surface area contributed by atoms with Crippen LogP contribution in [0.4, 0.5) is 22.7 Å². The maximum atomic E-state index is 13.1. The Hall–Kier alpha value is -3.78. The van der Waals surface area contributed by atoms with Crippen LogP contribution in [0.3, 0.4) is 0 Å². The SMILES string of the molecule is O=C(Nc1ccc(Cl)cc1)c1cc(=O)c(Nc2ccc(Cl)cc2)c(C(=O)Nc2ccc(Cl)cc2)o1. The number of amides is 2. The van der Waals surface area contributed by atoms with E-state index in [1.165, 1.54) is 0 Å². The highest BCUT2D eigenvalue weighted by Crippen LogP contribution is 2.23. The number of benzene rings is 3. The third-order valence-corrected chi connectivity index (χ3v) is 5.45. The van der Waals surface area contributed by atoms with Gasteiger partial charge in [0.25, 0.3) is 11.8 Å². The lowest BCUT2D eigenvalue weighted by molar-refractivity contribution is 0.0969. The molecule has 1 aromatic heterocycles. The number of hydrogen-bond donors (Lipinski definition) is 3. The van der Waals surface area contributed by atoms with Gasteiger partial charge in [-0.3, -0.25) is 14.4 Å². The molecule has 0 bridgehead atoms. The lowest BCUT2D eigenvalue weighted by Gasteiger charge is -2.13. The number of hydrogen-bond acceptors (Lipinski definition) is 5. The average Bonchev–Trinajstić information content (AvgIpc) is 2.84. The van der Waals surface area contributed by atoms with Crippen molar-refractivity contribution in [2.45, 2.75) is 0 Å². The van der Waals surface area contributed by atoms with Gasteiger partial charge in [0.15, 0.2) is 5.76 Å². The molecular formula is C25H16Cl3N3O4. The zero-order valence-corrected chi connectivity index (χ0v) is 20.0. The normalized spacial score (nSPS) is 10.5. The van der Waals surface area contributed by atoms with Crippen LogP contribution >= 0.6 is 34.8 Å². The van der Waals surface area contributed by atoms with E-state index in [0.717, 1.165) is 6.07 Å². The number of carbonyl (C=O) groups excluding carboxylic acids is 2. The molecule has 4 aromatic rings. The second-order valence-corrected chi connectivity index (χ2v) is 8.54. The van der Waals surface area contributed by atoms with Gasteiger partial charge in [-0.25, -0.2) is 0 Å². The molecule has 0 unspecified atom stereocenters. The topological polar surface area (TPSA) is 100 Å². The summed E-state index contributed by atoms with van der Waals surface area (Å²) in [6, 6.07) is 20.2. The van der Waals surface area contributed by atoms with Crippen molar-refractivity contribution in [3.05, 3.63) is 116 Å². The van der Waals surface area contributed by atoms with Gasteiger partial charge in [-0.15, -0.1) is 0 Å². The van der Waals surface area contributed by atoms with Crippen molar-refractivity contribution in [2.24, 2.45) is 0 Å². The smallest absolute Gasteiger partial charge is 0.293 e. The fourth-order valence-electron chi connectivity index (χ4n) is 3.01. The fraction of sp³-hybridized carbons (Fsp3) is 0. The summed E-state index contributed by atoms with van der Waals surface area (Å²) in [7, 11) is 0. The molecule has 3 N–H and O–H groups in total. The Morgan fingerprint density at radius 1 is 0.629 bits per heavy atom. The maximum absolute atomic E-state index is 13.1. The molecule has 0 aliphatic rings. The molecule has 4 rings (SSSR count). The van der Waals surface area contributed by atoms with Gasteiger partial charge < -0.3 is 20.4 Å². The fourth-order valence-corrected chi connectivity index (χ4v) is 3.39. The standard InChI is InChI=1S/C25H16Cl3N3O4/c26-14-1-7-17(8-2-14)29-22-20(32)13-21(24(33)30-18-9-3-15(27)4-10-18)35-23(22)25(34)31-19-11-5-16(28)6-12-19/h1-13,29H,(H,30,33)(H,31,34). The summed E-state index contributed by atoms with van der Waals surface area (Å²) < 4.78 is 5.64. The molecule has 0 saturated heterocycles. The van der Waals surface area contributed by atoms with E-state index in [-0.39, 0.29) is 17.2 Å². The van der Waals surface area contributed by atoms with Gasteiger partial charge in [0, 0.05) is 38.2 Å². The lowest BCUT2D eigenvalue weighted by atomic mass is 10.2. The van der Waals surface area contributed by atoms with Crippen LogP contribution in [0.5, 0.6) is 0 Å². The number of carbonyl (C=O) groups is 2. The van der Waals surface area contributed by atoms with Crippen LogP contribution in [0, 0.1) is 0 Å². The van der Waals surface area contributed by atoms with Crippen molar-refractivity contribution >= 4 is 69.4 Å². The van der Waals surface area contributed by atoms with Crippen LogP contribution in [0.2, 0.25) is 15.1 Å². The largest absolute Gasteiger partial charge is 0.443 e. The third kappa shape index (κ3) is 6.22. The van der Waals surface area contributed by atoms with Crippen LogP contribution in [0.15, 0.2) is 88.1 Å². The molecule has 0 spiro atoms. The first kappa shape index (κ1) is 24.3. The second kappa shape index (κ2) is 10.7. The second-order valence-electron chi connectivity index (χ2n) is 7.23. The zero-order chi connectivity index (χ0) is 24.9. The number of halogens is 3. The molecule has 10 heteroatoms. The molecule has 0 saturated carbocycles. The maximum Gasteiger partial charge on any atom is 0.293 e. The molecule has 0 radical (unpaired) electrons. The van der Waals surface area contributed by atoms with E-state index in [1.54, 1.807) is 72.8 Å². The van der Waals surface area contributed by atoms with Crippen LogP contribution in [-0.2, 0) is 0 Å². The molecule has 35 heavy (non-hydrogen) atoms. The summed E-state index contributed by atoms with van der Waals surface area (Å²) in [5, 5.41) is 9.58.